The third-order valence-corrected chi connectivity index (χ3v) is 6.32. The second-order valence-corrected chi connectivity index (χ2v) is 9.60. The Bertz CT molecular complexity index is 1060. The van der Waals surface area contributed by atoms with Crippen LogP contribution < -0.4 is 10.0 Å². The van der Waals surface area contributed by atoms with Crippen molar-refractivity contribution >= 4 is 27.5 Å². The van der Waals surface area contributed by atoms with Gasteiger partial charge < -0.3 is 14.9 Å². The molecule has 8 nitrogen and oxygen atoms in total. The smallest absolute Gasteiger partial charge is 0.333 e. The number of sulfonamides is 1. The van der Waals surface area contributed by atoms with Crippen LogP contribution in [0.2, 0.25) is 0 Å². The Balaban J connectivity index is 1.86. The summed E-state index contributed by atoms with van der Waals surface area (Å²) in [4.78, 5) is 12.6. The minimum atomic E-state index is -4.24. The lowest BCUT2D eigenvalue weighted by atomic mass is 9.93. The number of para-hydroxylation sites is 1. The van der Waals surface area contributed by atoms with Crippen LogP contribution in [0.1, 0.15) is 74.8 Å². The fraction of sp³-hybridized carbons (Fsp3) is 0.429. The van der Waals surface area contributed by atoms with Crippen molar-refractivity contribution < 1.29 is 22.8 Å². The van der Waals surface area contributed by atoms with Crippen LogP contribution in [0.3, 0.4) is 0 Å². The van der Waals surface area contributed by atoms with Crippen molar-refractivity contribution in [1.29, 1.82) is 0 Å². The molecule has 1 aromatic carbocycles. The van der Waals surface area contributed by atoms with Crippen LogP contribution in [0.25, 0.3) is 0 Å². The van der Waals surface area contributed by atoms with Crippen LogP contribution in [0, 0.1) is 0 Å². The van der Waals surface area contributed by atoms with Crippen molar-refractivity contribution in [2.45, 2.75) is 63.9 Å². The first-order chi connectivity index (χ1) is 14.1. The van der Waals surface area contributed by atoms with E-state index in [1.165, 1.54) is 6.07 Å². The van der Waals surface area contributed by atoms with E-state index in [9.17, 15) is 13.2 Å². The average Bonchev–Trinajstić information content (AvgIpc) is 3.12. The lowest BCUT2D eigenvalue weighted by molar-refractivity contribution is 0.256. The molecule has 1 aliphatic carbocycles. The van der Waals surface area contributed by atoms with Crippen LogP contribution in [-0.4, -0.2) is 25.4 Å². The van der Waals surface area contributed by atoms with Gasteiger partial charge in [-0.3, -0.25) is 0 Å². The minimum Gasteiger partial charge on any atom is -0.447 e. The molecule has 0 fully saturated rings. The summed E-state index contributed by atoms with van der Waals surface area (Å²) in [6.45, 7) is 8.03. The number of oxime groups is 1. The summed E-state index contributed by atoms with van der Waals surface area (Å²) in [5.41, 5.74) is 3.29. The maximum absolute atomic E-state index is 12.7. The second kappa shape index (κ2) is 8.51. The van der Waals surface area contributed by atoms with E-state index in [0.29, 0.717) is 42.0 Å². The van der Waals surface area contributed by atoms with Gasteiger partial charge in [0.2, 0.25) is 5.09 Å². The molecule has 162 valence electrons. The lowest BCUT2D eigenvalue weighted by Gasteiger charge is -2.20. The first-order valence-electron chi connectivity index (χ1n) is 9.94. The number of aryl methyl sites for hydroxylation is 1. The summed E-state index contributed by atoms with van der Waals surface area (Å²) in [6, 6.07) is 6.18. The van der Waals surface area contributed by atoms with Gasteiger partial charge in [0.1, 0.15) is 5.76 Å². The number of anilines is 1. The Labute approximate surface area is 176 Å². The van der Waals surface area contributed by atoms with Crippen molar-refractivity contribution in [1.82, 2.24) is 4.72 Å². The molecule has 0 atom stereocenters. The molecular weight excluding hydrogens is 406 g/mol. The monoisotopic (exact) mass is 433 g/mol. The minimum absolute atomic E-state index is 0.142. The molecule has 2 aromatic rings. The van der Waals surface area contributed by atoms with E-state index in [0.717, 1.165) is 11.1 Å². The maximum atomic E-state index is 12.7. The first kappa shape index (κ1) is 21.9. The molecule has 0 saturated heterocycles. The Morgan fingerprint density at radius 1 is 1.13 bits per heavy atom. The molecule has 3 N–H and O–H groups in total. The number of rotatable bonds is 5. The summed E-state index contributed by atoms with van der Waals surface area (Å²) in [5.74, 6) is 0.717. The Morgan fingerprint density at radius 2 is 1.77 bits per heavy atom. The molecule has 3 rings (SSSR count). The topological polar surface area (TPSA) is 121 Å². The highest BCUT2D eigenvalue weighted by atomic mass is 32.2. The molecule has 2 amide bonds. The van der Waals surface area contributed by atoms with Crippen LogP contribution in [0.4, 0.5) is 10.5 Å². The Kier molecular flexibility index (Phi) is 6.21. The van der Waals surface area contributed by atoms with E-state index in [1.807, 2.05) is 50.6 Å². The van der Waals surface area contributed by atoms with Crippen LogP contribution in [-0.2, 0) is 16.4 Å². The highest BCUT2D eigenvalue weighted by Gasteiger charge is 2.29. The van der Waals surface area contributed by atoms with Crippen molar-refractivity contribution in [3.05, 3.63) is 46.7 Å². The number of hydrogen-bond donors (Lipinski definition) is 3. The number of nitrogens with zero attached hydrogens (tertiary/aromatic N) is 1. The van der Waals surface area contributed by atoms with E-state index in [4.69, 9.17) is 9.62 Å². The third-order valence-electron chi connectivity index (χ3n) is 5.14. The van der Waals surface area contributed by atoms with Gasteiger partial charge in [0, 0.05) is 23.7 Å². The van der Waals surface area contributed by atoms with Gasteiger partial charge >= 0.3 is 6.03 Å². The highest BCUT2D eigenvalue weighted by Crippen LogP contribution is 2.32. The summed E-state index contributed by atoms with van der Waals surface area (Å²) < 4.78 is 32.9. The van der Waals surface area contributed by atoms with Gasteiger partial charge in [0.25, 0.3) is 10.0 Å². The first-order valence-corrected chi connectivity index (χ1v) is 11.4. The van der Waals surface area contributed by atoms with Crippen molar-refractivity contribution in [2.75, 3.05) is 5.32 Å². The van der Waals surface area contributed by atoms with Gasteiger partial charge in [0.05, 0.1) is 5.71 Å². The maximum Gasteiger partial charge on any atom is 0.333 e. The molecule has 0 radical (unpaired) electrons. The molecule has 1 aromatic heterocycles. The standard InChI is InChI=1S/C21H27N3O5S/c1-12(2)14-7-5-8-15(13(3)4)20(14)22-21(25)24-30(27,28)19-11-16-17(23-26)9-6-10-18(16)29-19/h5,7-8,11-13,26H,6,9-10H2,1-4H3,(H2,22,24,25)/b23-17-. The molecule has 0 spiro atoms. The number of amides is 2. The van der Waals surface area contributed by atoms with Gasteiger partial charge in [-0.15, -0.1) is 0 Å². The average molecular weight is 434 g/mol. The largest absolute Gasteiger partial charge is 0.447 e. The molecular formula is C21H27N3O5S. The second-order valence-electron chi connectivity index (χ2n) is 7.98. The highest BCUT2D eigenvalue weighted by molar-refractivity contribution is 7.89. The number of hydrogen-bond acceptors (Lipinski definition) is 6. The molecule has 30 heavy (non-hydrogen) atoms. The van der Waals surface area contributed by atoms with Crippen LogP contribution in [0.5, 0.6) is 0 Å². The zero-order valence-electron chi connectivity index (χ0n) is 17.5. The number of fused-ring (bicyclic) bond motifs is 1. The van der Waals surface area contributed by atoms with Gasteiger partial charge in [-0.25, -0.2) is 9.52 Å². The van der Waals surface area contributed by atoms with Gasteiger partial charge in [-0.05, 0) is 35.8 Å². The Morgan fingerprint density at radius 3 is 2.33 bits per heavy atom. The summed E-state index contributed by atoms with van der Waals surface area (Å²) >= 11 is 0. The number of benzene rings is 1. The fourth-order valence-corrected chi connectivity index (χ4v) is 4.51. The molecule has 1 aliphatic rings. The SMILES string of the molecule is CC(C)c1cccc(C(C)C)c1NC(=O)NS(=O)(=O)c1cc2c(o1)CCC/C2=N/O. The van der Waals surface area contributed by atoms with E-state index in [1.54, 1.807) is 0 Å². The van der Waals surface area contributed by atoms with E-state index < -0.39 is 16.1 Å². The summed E-state index contributed by atoms with van der Waals surface area (Å²) in [7, 11) is -4.24. The quantitative estimate of drug-likeness (QED) is 0.472. The predicted octanol–water partition coefficient (Wildman–Crippen LogP) is 4.55. The molecule has 0 aliphatic heterocycles. The lowest BCUT2D eigenvalue weighted by Crippen LogP contribution is -2.34. The third kappa shape index (κ3) is 4.35. The number of carbonyl (C=O) groups is 1. The zero-order valence-corrected chi connectivity index (χ0v) is 18.3. The van der Waals surface area contributed by atoms with Crippen molar-refractivity contribution in [3.63, 3.8) is 0 Å². The molecule has 1 heterocycles. The van der Waals surface area contributed by atoms with E-state index in [-0.39, 0.29) is 16.9 Å². The van der Waals surface area contributed by atoms with Gasteiger partial charge in [-0.1, -0.05) is 51.0 Å². The molecule has 0 unspecified atom stereocenters. The number of nitrogens with one attached hydrogen (secondary N) is 2. The van der Waals surface area contributed by atoms with E-state index in [2.05, 4.69) is 10.5 Å². The summed E-state index contributed by atoms with van der Waals surface area (Å²) in [6.07, 6.45) is 1.76. The molecule has 0 saturated carbocycles. The summed E-state index contributed by atoms with van der Waals surface area (Å²) in [5, 5.41) is 14.7. The van der Waals surface area contributed by atoms with E-state index >= 15 is 0 Å². The van der Waals surface area contributed by atoms with Gasteiger partial charge in [0.15, 0.2) is 0 Å². The zero-order chi connectivity index (χ0) is 22.1. The molecule has 9 heteroatoms. The molecule has 0 bridgehead atoms. The van der Waals surface area contributed by atoms with Crippen molar-refractivity contribution in [3.8, 4) is 0 Å². The number of furan rings is 1. The Hall–Kier alpha value is -2.81. The van der Waals surface area contributed by atoms with Gasteiger partial charge in [-0.2, -0.15) is 8.42 Å². The number of urea groups is 1. The van der Waals surface area contributed by atoms with Crippen LogP contribution in [0.15, 0.2) is 38.9 Å². The predicted molar refractivity (Wildman–Crippen MR) is 114 cm³/mol. The van der Waals surface area contributed by atoms with Crippen molar-refractivity contribution in [2.24, 2.45) is 5.16 Å². The fourth-order valence-electron chi connectivity index (χ4n) is 3.63. The number of carbonyl (C=O) groups excluding carboxylic acids is 1. The normalized spacial score (nSPS) is 15.5. The van der Waals surface area contributed by atoms with Crippen LogP contribution >= 0.6 is 0 Å².